The summed E-state index contributed by atoms with van der Waals surface area (Å²) >= 11 is 0. The number of carbonyl (C=O) groups is 1. The zero-order chi connectivity index (χ0) is 22.5. The van der Waals surface area contributed by atoms with Crippen LogP contribution < -0.4 is 5.32 Å². The van der Waals surface area contributed by atoms with E-state index in [-0.39, 0.29) is 30.5 Å². The van der Waals surface area contributed by atoms with Crippen LogP contribution in [0.4, 0.5) is 13.2 Å². The number of nitrogens with zero attached hydrogens (tertiary/aromatic N) is 2. The van der Waals surface area contributed by atoms with Crippen molar-refractivity contribution in [2.24, 2.45) is 11.3 Å². The monoisotopic (exact) mass is 453 g/mol. The average molecular weight is 454 g/mol. The molecule has 2 N–H and O–H groups in total. The van der Waals surface area contributed by atoms with Gasteiger partial charge in [0.1, 0.15) is 0 Å². The van der Waals surface area contributed by atoms with Crippen molar-refractivity contribution < 1.29 is 27.8 Å². The summed E-state index contributed by atoms with van der Waals surface area (Å²) in [6, 6.07) is 1.29. The molecule has 4 aliphatic rings. The van der Waals surface area contributed by atoms with E-state index in [0.717, 1.165) is 50.8 Å². The summed E-state index contributed by atoms with van der Waals surface area (Å²) in [6.07, 6.45) is 1.61. The van der Waals surface area contributed by atoms with Crippen molar-refractivity contribution in [1.82, 2.24) is 15.2 Å². The lowest BCUT2D eigenvalue weighted by Gasteiger charge is -2.37. The fraction of sp³-hybridized carbons (Fsp3) is 0.739. The quantitative estimate of drug-likeness (QED) is 0.736. The summed E-state index contributed by atoms with van der Waals surface area (Å²) in [5.41, 5.74) is -0.0478. The molecular weight excluding hydrogens is 423 g/mol. The number of rotatable bonds is 3. The zero-order valence-corrected chi connectivity index (χ0v) is 18.0. The van der Waals surface area contributed by atoms with Crippen LogP contribution in [0, 0.1) is 11.3 Å². The van der Waals surface area contributed by atoms with E-state index in [1.807, 2.05) is 0 Å². The molecule has 3 fully saturated rings. The SMILES string of the molecule is O=C(N1CCc2ncc(C(F)(F)F)cc2C1)[C@@]12CCC[C@@H]1C[C@@H](N[C@@H]1CCOC[C@@H]1O)C2. The first-order valence-corrected chi connectivity index (χ1v) is 11.6. The summed E-state index contributed by atoms with van der Waals surface area (Å²) in [5, 5.41) is 13.8. The highest BCUT2D eigenvalue weighted by molar-refractivity contribution is 5.84. The van der Waals surface area contributed by atoms with Crippen molar-refractivity contribution in [3.05, 3.63) is 29.1 Å². The largest absolute Gasteiger partial charge is 0.417 e. The van der Waals surface area contributed by atoms with E-state index in [0.29, 0.717) is 37.4 Å². The molecule has 9 heteroatoms. The average Bonchev–Trinajstić information content (AvgIpc) is 3.31. The van der Waals surface area contributed by atoms with Gasteiger partial charge >= 0.3 is 6.18 Å². The highest BCUT2D eigenvalue weighted by Crippen LogP contribution is 2.55. The normalized spacial score (nSPS) is 34.9. The molecule has 1 aromatic rings. The number of aliphatic hydroxyl groups is 1. The minimum atomic E-state index is -4.44. The van der Waals surface area contributed by atoms with Crippen LogP contribution in [0.5, 0.6) is 0 Å². The number of amides is 1. The Balaban J connectivity index is 1.31. The minimum Gasteiger partial charge on any atom is -0.389 e. The third kappa shape index (κ3) is 3.92. The summed E-state index contributed by atoms with van der Waals surface area (Å²) < 4.78 is 44.8. The number of carbonyl (C=O) groups excluding carboxylic acids is 1. The van der Waals surface area contributed by atoms with Gasteiger partial charge in [-0.05, 0) is 49.7 Å². The second-order valence-corrected chi connectivity index (χ2v) is 9.89. The first kappa shape index (κ1) is 22.1. The molecule has 0 spiro atoms. The molecule has 32 heavy (non-hydrogen) atoms. The molecule has 5 rings (SSSR count). The van der Waals surface area contributed by atoms with Crippen LogP contribution >= 0.6 is 0 Å². The number of hydrogen-bond donors (Lipinski definition) is 2. The van der Waals surface area contributed by atoms with Crippen molar-refractivity contribution in [2.45, 2.75) is 75.9 Å². The molecule has 5 atom stereocenters. The second kappa shape index (κ2) is 8.25. The fourth-order valence-corrected chi connectivity index (χ4v) is 6.41. The maximum Gasteiger partial charge on any atom is 0.417 e. The number of halogens is 3. The van der Waals surface area contributed by atoms with Crippen molar-refractivity contribution in [2.75, 3.05) is 19.8 Å². The number of aromatic nitrogens is 1. The van der Waals surface area contributed by atoms with E-state index in [9.17, 15) is 23.1 Å². The van der Waals surface area contributed by atoms with Crippen LogP contribution in [0.15, 0.2) is 12.3 Å². The predicted molar refractivity (Wildman–Crippen MR) is 110 cm³/mol. The fourth-order valence-electron chi connectivity index (χ4n) is 6.41. The van der Waals surface area contributed by atoms with Gasteiger partial charge in [0.05, 0.1) is 23.7 Å². The number of alkyl halides is 3. The molecule has 6 nitrogen and oxygen atoms in total. The smallest absolute Gasteiger partial charge is 0.389 e. The highest BCUT2D eigenvalue weighted by Gasteiger charge is 2.56. The van der Waals surface area contributed by atoms with E-state index in [4.69, 9.17) is 4.74 Å². The van der Waals surface area contributed by atoms with Gasteiger partial charge in [0.2, 0.25) is 5.91 Å². The van der Waals surface area contributed by atoms with E-state index < -0.39 is 23.3 Å². The molecule has 2 aliphatic heterocycles. The Morgan fingerprint density at radius 3 is 2.97 bits per heavy atom. The van der Waals surface area contributed by atoms with Crippen LogP contribution in [-0.2, 0) is 28.7 Å². The Hall–Kier alpha value is -1.71. The molecule has 0 unspecified atom stereocenters. The lowest BCUT2D eigenvalue weighted by Crippen LogP contribution is -2.50. The van der Waals surface area contributed by atoms with Gasteiger partial charge in [-0.15, -0.1) is 0 Å². The van der Waals surface area contributed by atoms with Crippen LogP contribution in [0.25, 0.3) is 0 Å². The molecule has 176 valence electrons. The lowest BCUT2D eigenvalue weighted by molar-refractivity contribution is -0.144. The second-order valence-electron chi connectivity index (χ2n) is 9.89. The van der Waals surface area contributed by atoms with Crippen molar-refractivity contribution in [3.63, 3.8) is 0 Å². The Morgan fingerprint density at radius 2 is 2.19 bits per heavy atom. The number of pyridine rings is 1. The van der Waals surface area contributed by atoms with Crippen LogP contribution in [0.2, 0.25) is 0 Å². The van der Waals surface area contributed by atoms with Gasteiger partial charge in [-0.3, -0.25) is 9.78 Å². The van der Waals surface area contributed by atoms with Crippen molar-refractivity contribution in [1.29, 1.82) is 0 Å². The van der Waals surface area contributed by atoms with E-state index in [2.05, 4.69) is 10.3 Å². The Morgan fingerprint density at radius 1 is 1.34 bits per heavy atom. The molecule has 2 aliphatic carbocycles. The third-order valence-corrected chi connectivity index (χ3v) is 7.99. The van der Waals surface area contributed by atoms with E-state index in [1.165, 1.54) is 0 Å². The number of hydrogen-bond acceptors (Lipinski definition) is 5. The number of aliphatic hydroxyl groups excluding tert-OH is 1. The first-order valence-electron chi connectivity index (χ1n) is 11.6. The standard InChI is InChI=1S/C23H30F3N3O3/c24-23(25,26)16-8-14-12-29(6-3-18(14)27-11-16)21(31)22-5-1-2-15(22)9-17(10-22)28-19-4-7-32-13-20(19)30/h8,11,15,17,19-20,28,30H,1-7,9-10,12-13H2/t15-,17-,19-,20+,22-/m1/s1. The summed E-state index contributed by atoms with van der Waals surface area (Å²) in [4.78, 5) is 19.6. The summed E-state index contributed by atoms with van der Waals surface area (Å²) in [7, 11) is 0. The van der Waals surface area contributed by atoms with Gasteiger partial charge in [0.25, 0.3) is 0 Å². The number of nitrogens with one attached hydrogen (secondary N) is 1. The molecule has 1 saturated heterocycles. The highest BCUT2D eigenvalue weighted by atomic mass is 19.4. The first-order chi connectivity index (χ1) is 15.3. The van der Waals surface area contributed by atoms with Crippen LogP contribution in [0.1, 0.15) is 55.3 Å². The van der Waals surface area contributed by atoms with Crippen LogP contribution in [-0.4, -0.2) is 58.8 Å². The van der Waals surface area contributed by atoms with Gasteiger partial charge in [-0.1, -0.05) is 6.42 Å². The molecule has 0 radical (unpaired) electrons. The van der Waals surface area contributed by atoms with Gasteiger partial charge in [0, 0.05) is 50.1 Å². The molecule has 3 heterocycles. The number of fused-ring (bicyclic) bond motifs is 2. The van der Waals surface area contributed by atoms with Crippen LogP contribution in [0.3, 0.4) is 0 Å². The summed E-state index contributed by atoms with van der Waals surface area (Å²) in [5.74, 6) is 0.366. The topological polar surface area (TPSA) is 74.7 Å². The molecule has 0 aromatic carbocycles. The molecule has 1 amide bonds. The van der Waals surface area contributed by atoms with Gasteiger partial charge in [0.15, 0.2) is 0 Å². The molecule has 1 aromatic heterocycles. The summed E-state index contributed by atoms with van der Waals surface area (Å²) in [6.45, 7) is 1.64. The minimum absolute atomic E-state index is 0.0199. The molecule has 2 saturated carbocycles. The lowest BCUT2D eigenvalue weighted by atomic mass is 9.78. The van der Waals surface area contributed by atoms with E-state index in [1.54, 1.807) is 4.90 Å². The van der Waals surface area contributed by atoms with Gasteiger partial charge in [-0.25, -0.2) is 0 Å². The Kier molecular flexibility index (Phi) is 5.70. The Bertz CT molecular complexity index is 880. The molecule has 0 bridgehead atoms. The zero-order valence-electron chi connectivity index (χ0n) is 18.0. The van der Waals surface area contributed by atoms with Crippen molar-refractivity contribution >= 4 is 5.91 Å². The predicted octanol–water partition coefficient (Wildman–Crippen LogP) is 2.67. The van der Waals surface area contributed by atoms with E-state index >= 15 is 0 Å². The molecular formula is C23H30F3N3O3. The van der Waals surface area contributed by atoms with Crippen molar-refractivity contribution in [3.8, 4) is 0 Å². The van der Waals surface area contributed by atoms with Gasteiger partial charge < -0.3 is 20.1 Å². The third-order valence-electron chi connectivity index (χ3n) is 7.99. The Labute approximate surface area is 185 Å². The van der Waals surface area contributed by atoms with Gasteiger partial charge in [-0.2, -0.15) is 13.2 Å². The maximum atomic E-state index is 13.8. The maximum absolute atomic E-state index is 13.8. The number of ether oxygens (including phenoxy) is 1.